The molecular formula is C10H9BClF4O-. The van der Waals surface area contributed by atoms with Gasteiger partial charge in [0.05, 0.1) is 5.75 Å². The van der Waals surface area contributed by atoms with Gasteiger partial charge in [0.15, 0.2) is 0 Å². The van der Waals surface area contributed by atoms with Crippen LogP contribution in [0.25, 0.3) is 0 Å². The summed E-state index contributed by atoms with van der Waals surface area (Å²) in [6.45, 7) is -3.78. The Labute approximate surface area is 101 Å². The summed E-state index contributed by atoms with van der Waals surface area (Å²) in [5.74, 6) is -1.34. The Morgan fingerprint density at radius 3 is 2.59 bits per heavy atom. The SMILES string of the molecule is C/C(=C/Cl)COc1ccc(F)cc1[B-](F)(F)F. The summed E-state index contributed by atoms with van der Waals surface area (Å²) in [7, 11) is 0. The molecule has 0 atom stereocenters. The average molecular weight is 267 g/mol. The van der Waals surface area contributed by atoms with E-state index in [0.29, 0.717) is 11.6 Å². The molecule has 0 aliphatic heterocycles. The summed E-state index contributed by atoms with van der Waals surface area (Å²) in [4.78, 5) is 0. The Hall–Kier alpha value is -1.17. The molecule has 7 heteroatoms. The maximum Gasteiger partial charge on any atom is 0.513 e. The van der Waals surface area contributed by atoms with E-state index < -0.39 is 24.0 Å². The molecular weight excluding hydrogens is 258 g/mol. The first-order chi connectivity index (χ1) is 7.84. The van der Waals surface area contributed by atoms with Crippen molar-refractivity contribution in [2.45, 2.75) is 6.92 Å². The van der Waals surface area contributed by atoms with Crippen LogP contribution in [0.1, 0.15) is 6.92 Å². The van der Waals surface area contributed by atoms with Gasteiger partial charge in [0, 0.05) is 5.54 Å². The molecule has 0 spiro atoms. The third-order valence-corrected chi connectivity index (χ3v) is 2.34. The predicted molar refractivity (Wildman–Crippen MR) is 60.2 cm³/mol. The molecule has 0 fully saturated rings. The highest BCUT2D eigenvalue weighted by molar-refractivity contribution is 6.74. The van der Waals surface area contributed by atoms with Gasteiger partial charge in [0.2, 0.25) is 0 Å². The monoisotopic (exact) mass is 267 g/mol. The molecule has 0 aliphatic carbocycles. The standard InChI is InChI=1S/C10H9BClF4O/c1-7(5-12)6-17-10-3-2-8(13)4-9(10)11(14,15)16/h2-5H,6H2,1H3/q-1/b7-5-. The maximum atomic E-state index is 12.8. The van der Waals surface area contributed by atoms with Gasteiger partial charge in [-0.05, 0) is 30.7 Å². The Kier molecular flexibility index (Phi) is 4.45. The van der Waals surface area contributed by atoms with Crippen molar-refractivity contribution in [3.8, 4) is 5.75 Å². The average Bonchev–Trinajstić information content (AvgIpc) is 2.25. The summed E-state index contributed by atoms with van der Waals surface area (Å²) in [6, 6.07) is 2.30. The molecule has 17 heavy (non-hydrogen) atoms. The van der Waals surface area contributed by atoms with Gasteiger partial charge < -0.3 is 17.7 Å². The van der Waals surface area contributed by atoms with Gasteiger partial charge in [-0.2, -0.15) is 0 Å². The van der Waals surface area contributed by atoms with Crippen molar-refractivity contribution in [1.29, 1.82) is 0 Å². The van der Waals surface area contributed by atoms with Gasteiger partial charge in [-0.15, -0.1) is 0 Å². The second-order valence-corrected chi connectivity index (χ2v) is 3.72. The number of ether oxygens (including phenoxy) is 1. The zero-order chi connectivity index (χ0) is 13.1. The minimum absolute atomic E-state index is 0.0751. The minimum Gasteiger partial charge on any atom is -0.492 e. The summed E-state index contributed by atoms with van der Waals surface area (Å²) < 4.78 is 55.5. The van der Waals surface area contributed by atoms with Crippen LogP contribution >= 0.6 is 11.6 Å². The first-order valence-corrected chi connectivity index (χ1v) is 5.16. The highest BCUT2D eigenvalue weighted by Gasteiger charge is 2.29. The molecule has 94 valence electrons. The van der Waals surface area contributed by atoms with Crippen molar-refractivity contribution in [2.24, 2.45) is 0 Å². The van der Waals surface area contributed by atoms with E-state index in [2.05, 4.69) is 0 Å². The van der Waals surface area contributed by atoms with Crippen molar-refractivity contribution in [1.82, 2.24) is 0 Å². The summed E-state index contributed by atoms with van der Waals surface area (Å²) in [6.07, 6.45) is 0. The van der Waals surface area contributed by atoms with Crippen LogP contribution < -0.4 is 10.2 Å². The minimum atomic E-state index is -5.31. The van der Waals surface area contributed by atoms with E-state index in [1.54, 1.807) is 6.92 Å². The maximum absolute atomic E-state index is 12.8. The largest absolute Gasteiger partial charge is 0.513 e. The lowest BCUT2D eigenvalue weighted by Crippen LogP contribution is -2.35. The van der Waals surface area contributed by atoms with Crippen LogP contribution in [0.5, 0.6) is 5.75 Å². The van der Waals surface area contributed by atoms with Crippen LogP contribution in [-0.4, -0.2) is 13.6 Å². The molecule has 0 bridgehead atoms. The number of hydrogen-bond donors (Lipinski definition) is 0. The Morgan fingerprint density at radius 2 is 2.06 bits per heavy atom. The first kappa shape index (κ1) is 13.9. The summed E-state index contributed by atoms with van der Waals surface area (Å²) >= 11 is 5.35. The smallest absolute Gasteiger partial charge is 0.492 e. The van der Waals surface area contributed by atoms with Crippen LogP contribution in [0.3, 0.4) is 0 Å². The molecule has 0 unspecified atom stereocenters. The van der Waals surface area contributed by atoms with E-state index >= 15 is 0 Å². The van der Waals surface area contributed by atoms with E-state index in [0.717, 1.165) is 12.1 Å². The van der Waals surface area contributed by atoms with Crippen LogP contribution in [-0.2, 0) is 0 Å². The number of halogens is 5. The number of hydrogen-bond acceptors (Lipinski definition) is 1. The van der Waals surface area contributed by atoms with E-state index in [4.69, 9.17) is 16.3 Å². The number of benzene rings is 1. The van der Waals surface area contributed by atoms with Crippen LogP contribution in [0.15, 0.2) is 29.3 Å². The van der Waals surface area contributed by atoms with Crippen molar-refractivity contribution in [2.75, 3.05) is 6.61 Å². The van der Waals surface area contributed by atoms with Gasteiger partial charge in [-0.3, -0.25) is 0 Å². The fraction of sp³-hybridized carbons (Fsp3) is 0.200. The van der Waals surface area contributed by atoms with Crippen molar-refractivity contribution >= 4 is 24.0 Å². The fourth-order valence-electron chi connectivity index (χ4n) is 1.13. The van der Waals surface area contributed by atoms with Gasteiger partial charge in [0.1, 0.15) is 12.4 Å². The van der Waals surface area contributed by atoms with Crippen LogP contribution in [0.2, 0.25) is 0 Å². The lowest BCUT2D eigenvalue weighted by atomic mass is 9.79. The van der Waals surface area contributed by atoms with Gasteiger partial charge >= 0.3 is 6.98 Å². The third-order valence-electron chi connectivity index (χ3n) is 1.97. The normalized spacial score (nSPS) is 12.7. The Balaban J connectivity index is 2.99. The van der Waals surface area contributed by atoms with Crippen molar-refractivity contribution in [3.05, 3.63) is 35.1 Å². The highest BCUT2D eigenvalue weighted by atomic mass is 35.5. The zero-order valence-electron chi connectivity index (χ0n) is 8.89. The summed E-state index contributed by atoms with van der Waals surface area (Å²) in [5.41, 5.74) is 0.700. The number of rotatable bonds is 4. The molecule has 0 N–H and O–H groups in total. The first-order valence-electron chi connectivity index (χ1n) is 4.72. The second kappa shape index (κ2) is 5.45. The molecule has 1 nitrogen and oxygen atoms in total. The lowest BCUT2D eigenvalue weighted by molar-refractivity contribution is 0.352. The Bertz CT molecular complexity index is 431. The van der Waals surface area contributed by atoms with Gasteiger partial charge in [-0.1, -0.05) is 17.1 Å². The second-order valence-electron chi connectivity index (χ2n) is 3.50. The summed E-state index contributed by atoms with van der Waals surface area (Å²) in [5, 5.41) is 0. The van der Waals surface area contributed by atoms with E-state index in [9.17, 15) is 17.3 Å². The molecule has 1 rings (SSSR count). The lowest BCUT2D eigenvalue weighted by Gasteiger charge is -2.19. The molecule has 0 saturated heterocycles. The van der Waals surface area contributed by atoms with Crippen LogP contribution in [0.4, 0.5) is 17.3 Å². The van der Waals surface area contributed by atoms with Gasteiger partial charge in [-0.25, -0.2) is 4.39 Å². The molecule has 0 amide bonds. The van der Waals surface area contributed by atoms with E-state index in [-0.39, 0.29) is 6.61 Å². The van der Waals surface area contributed by atoms with Crippen molar-refractivity contribution in [3.63, 3.8) is 0 Å². The molecule has 0 radical (unpaired) electrons. The quantitative estimate of drug-likeness (QED) is 0.600. The zero-order valence-corrected chi connectivity index (χ0v) is 9.65. The molecule has 0 aliphatic rings. The van der Waals surface area contributed by atoms with Crippen molar-refractivity contribution < 1.29 is 22.1 Å². The van der Waals surface area contributed by atoms with Gasteiger partial charge in [0.25, 0.3) is 0 Å². The Morgan fingerprint density at radius 1 is 1.41 bits per heavy atom. The third kappa shape index (κ3) is 3.96. The topological polar surface area (TPSA) is 9.23 Å². The van der Waals surface area contributed by atoms with Crippen LogP contribution in [0, 0.1) is 5.82 Å². The molecule has 1 aromatic carbocycles. The highest BCUT2D eigenvalue weighted by Crippen LogP contribution is 2.19. The predicted octanol–water partition coefficient (Wildman–Crippen LogP) is 3.40. The molecule has 0 aromatic heterocycles. The molecule has 0 saturated carbocycles. The van der Waals surface area contributed by atoms with E-state index in [1.165, 1.54) is 5.54 Å². The fourth-order valence-corrected chi connectivity index (χ4v) is 1.19. The molecule has 0 heterocycles. The molecule has 1 aromatic rings. The van der Waals surface area contributed by atoms with E-state index in [1.807, 2.05) is 0 Å².